The van der Waals surface area contributed by atoms with Crippen LogP contribution in [0.2, 0.25) is 5.02 Å². The van der Waals surface area contributed by atoms with Crippen molar-refractivity contribution >= 4 is 67.3 Å². The standard InChI is InChI=1S/C40H30BClO2/c1-39(2)40(3,4)44-41(43-39)33-19-17-31-36-28(13-8-14-29(36)30-18-20-34(42)38(33)37(30)31)27-12-7-11-23-15-16-26-21-24-9-5-6-10-25(24)22-32(26)35(23)27/h5-22H,1-4H3. The maximum absolute atomic E-state index is 7.03. The fourth-order valence-corrected chi connectivity index (χ4v) is 7.66. The first-order chi connectivity index (χ1) is 21.2. The Balaban J connectivity index is 1.31. The first-order valence-electron chi connectivity index (χ1n) is 15.3. The molecular weight excluding hydrogens is 559 g/mol. The van der Waals surface area contributed by atoms with Crippen LogP contribution in [0.15, 0.2) is 109 Å². The van der Waals surface area contributed by atoms with Gasteiger partial charge in [0.2, 0.25) is 0 Å². The van der Waals surface area contributed by atoms with Gasteiger partial charge >= 0.3 is 7.12 Å². The van der Waals surface area contributed by atoms with Gasteiger partial charge in [-0.25, -0.2) is 0 Å². The second-order valence-corrected chi connectivity index (χ2v) is 13.7. The van der Waals surface area contributed by atoms with E-state index in [0.29, 0.717) is 5.02 Å². The molecule has 0 bridgehead atoms. The minimum atomic E-state index is -0.496. The molecule has 1 fully saturated rings. The molecule has 7 aromatic carbocycles. The van der Waals surface area contributed by atoms with Crippen LogP contribution in [0.1, 0.15) is 27.7 Å². The molecule has 0 aromatic heterocycles. The van der Waals surface area contributed by atoms with Crippen molar-refractivity contribution < 1.29 is 9.31 Å². The largest absolute Gasteiger partial charge is 0.495 e. The van der Waals surface area contributed by atoms with Gasteiger partial charge in [-0.3, -0.25) is 0 Å². The zero-order chi connectivity index (χ0) is 30.0. The molecule has 1 aliphatic heterocycles. The lowest BCUT2D eigenvalue weighted by molar-refractivity contribution is 0.00578. The number of halogens is 1. The summed E-state index contributed by atoms with van der Waals surface area (Å²) < 4.78 is 13.0. The van der Waals surface area contributed by atoms with Crippen LogP contribution in [0.5, 0.6) is 0 Å². The van der Waals surface area contributed by atoms with Crippen molar-refractivity contribution in [1.82, 2.24) is 0 Å². The van der Waals surface area contributed by atoms with Crippen molar-refractivity contribution in [1.29, 1.82) is 0 Å². The molecule has 212 valence electrons. The second-order valence-electron chi connectivity index (χ2n) is 13.3. The lowest BCUT2D eigenvalue weighted by Gasteiger charge is -2.32. The van der Waals surface area contributed by atoms with E-state index < -0.39 is 18.3 Å². The summed E-state index contributed by atoms with van der Waals surface area (Å²) in [6.45, 7) is 8.36. The van der Waals surface area contributed by atoms with E-state index >= 15 is 0 Å². The highest BCUT2D eigenvalue weighted by molar-refractivity contribution is 6.66. The predicted molar refractivity (Wildman–Crippen MR) is 187 cm³/mol. The zero-order valence-electron chi connectivity index (χ0n) is 25.2. The fraction of sp³-hybridized carbons (Fsp3) is 0.150. The summed E-state index contributed by atoms with van der Waals surface area (Å²) in [5, 5.41) is 10.4. The molecule has 1 aliphatic carbocycles. The maximum atomic E-state index is 7.03. The average Bonchev–Trinajstić information content (AvgIpc) is 3.46. The minimum Gasteiger partial charge on any atom is -0.399 e. The number of benzene rings is 7. The number of rotatable bonds is 2. The maximum Gasteiger partial charge on any atom is 0.495 e. The van der Waals surface area contributed by atoms with Crippen LogP contribution in [0.3, 0.4) is 0 Å². The Morgan fingerprint density at radius 3 is 1.84 bits per heavy atom. The Morgan fingerprint density at radius 1 is 0.500 bits per heavy atom. The molecule has 0 atom stereocenters. The highest BCUT2D eigenvalue weighted by Crippen LogP contribution is 2.53. The van der Waals surface area contributed by atoms with Crippen LogP contribution in [0.25, 0.3) is 76.5 Å². The van der Waals surface area contributed by atoms with Gasteiger partial charge in [-0.1, -0.05) is 103 Å². The van der Waals surface area contributed by atoms with E-state index in [0.717, 1.165) is 10.8 Å². The average molecular weight is 589 g/mol. The summed E-state index contributed by atoms with van der Waals surface area (Å²) in [5.74, 6) is 0. The van der Waals surface area contributed by atoms with Crippen molar-refractivity contribution in [2.45, 2.75) is 38.9 Å². The summed E-state index contributed by atoms with van der Waals surface area (Å²) in [6, 6.07) is 39.8. The third kappa shape index (κ3) is 3.52. The summed E-state index contributed by atoms with van der Waals surface area (Å²) in [4.78, 5) is 0. The van der Waals surface area contributed by atoms with Crippen LogP contribution < -0.4 is 5.46 Å². The Hall–Kier alpha value is -4.15. The highest BCUT2D eigenvalue weighted by Gasteiger charge is 2.52. The molecule has 0 unspecified atom stereocenters. The Labute approximate surface area is 262 Å². The first-order valence-corrected chi connectivity index (χ1v) is 15.7. The zero-order valence-corrected chi connectivity index (χ0v) is 25.9. The van der Waals surface area contributed by atoms with Gasteiger partial charge in [0.25, 0.3) is 0 Å². The van der Waals surface area contributed by atoms with Gasteiger partial charge in [-0.15, -0.1) is 0 Å². The van der Waals surface area contributed by atoms with Crippen molar-refractivity contribution in [3.63, 3.8) is 0 Å². The van der Waals surface area contributed by atoms with E-state index in [4.69, 9.17) is 20.9 Å². The smallest absolute Gasteiger partial charge is 0.399 e. The topological polar surface area (TPSA) is 18.5 Å². The van der Waals surface area contributed by atoms with E-state index in [2.05, 4.69) is 131 Å². The quantitative estimate of drug-likeness (QED) is 0.114. The molecule has 0 N–H and O–H groups in total. The number of hydrogen-bond donors (Lipinski definition) is 0. The van der Waals surface area contributed by atoms with Crippen molar-refractivity contribution in [3.8, 4) is 33.4 Å². The van der Waals surface area contributed by atoms with Crippen molar-refractivity contribution in [2.24, 2.45) is 0 Å². The Bertz CT molecular complexity index is 2360. The summed E-state index contributed by atoms with van der Waals surface area (Å²) in [7, 11) is -0.496. The highest BCUT2D eigenvalue weighted by atomic mass is 35.5. The Kier molecular flexibility index (Phi) is 5.35. The summed E-state index contributed by atoms with van der Waals surface area (Å²) in [6.07, 6.45) is 0. The molecule has 0 saturated carbocycles. The van der Waals surface area contributed by atoms with Gasteiger partial charge in [-0.05, 0) is 122 Å². The van der Waals surface area contributed by atoms with Gasteiger partial charge in [0.05, 0.1) is 11.2 Å². The van der Waals surface area contributed by atoms with Gasteiger partial charge < -0.3 is 9.31 Å². The molecule has 44 heavy (non-hydrogen) atoms. The van der Waals surface area contributed by atoms with Gasteiger partial charge in [0.1, 0.15) is 0 Å². The van der Waals surface area contributed by atoms with Crippen LogP contribution in [0, 0.1) is 0 Å². The second kappa shape index (κ2) is 8.95. The molecule has 2 nitrogen and oxygen atoms in total. The predicted octanol–water partition coefficient (Wildman–Crippen LogP) is 10.6. The van der Waals surface area contributed by atoms with Crippen LogP contribution in [-0.2, 0) is 9.31 Å². The van der Waals surface area contributed by atoms with Crippen molar-refractivity contribution in [3.05, 3.63) is 114 Å². The number of fused-ring (bicyclic) bond motifs is 7. The molecule has 9 rings (SSSR count). The summed E-state index contributed by atoms with van der Waals surface area (Å²) >= 11 is 7.03. The molecule has 2 aliphatic rings. The van der Waals surface area contributed by atoms with Crippen molar-refractivity contribution in [2.75, 3.05) is 0 Å². The van der Waals surface area contributed by atoms with Gasteiger partial charge in [-0.2, -0.15) is 0 Å². The Morgan fingerprint density at radius 2 is 1.09 bits per heavy atom. The molecule has 0 spiro atoms. The van der Waals surface area contributed by atoms with Crippen LogP contribution in [-0.4, -0.2) is 18.3 Å². The molecule has 1 saturated heterocycles. The monoisotopic (exact) mass is 588 g/mol. The van der Waals surface area contributed by atoms with E-state index in [1.54, 1.807) is 0 Å². The number of hydrogen-bond acceptors (Lipinski definition) is 2. The molecule has 7 aromatic rings. The van der Waals surface area contributed by atoms with Crippen LogP contribution in [0.4, 0.5) is 0 Å². The van der Waals surface area contributed by atoms with E-state index in [1.807, 2.05) is 6.07 Å². The molecule has 1 heterocycles. The SMILES string of the molecule is CC1(C)OB(c2ccc3c4c(ccc(Cl)c24)-c2cccc(-c4cccc5ccc6cc7ccccc7cc6c45)c2-3)OC1(C)C. The van der Waals surface area contributed by atoms with Crippen LogP contribution >= 0.6 is 11.6 Å². The molecule has 4 heteroatoms. The van der Waals surface area contributed by atoms with Gasteiger partial charge in [0.15, 0.2) is 0 Å². The molecule has 0 radical (unpaired) electrons. The molecule has 0 amide bonds. The van der Waals surface area contributed by atoms with E-state index in [9.17, 15) is 0 Å². The van der Waals surface area contributed by atoms with Gasteiger partial charge in [0, 0.05) is 10.4 Å². The fourth-order valence-electron chi connectivity index (χ4n) is 7.40. The minimum absolute atomic E-state index is 0.439. The van der Waals surface area contributed by atoms with E-state index in [1.165, 1.54) is 71.1 Å². The molecular formula is C40H30BClO2. The van der Waals surface area contributed by atoms with E-state index in [-0.39, 0.29) is 0 Å². The third-order valence-corrected chi connectivity index (χ3v) is 10.6. The normalized spacial score (nSPS) is 16.4. The lowest BCUT2D eigenvalue weighted by Crippen LogP contribution is -2.41. The summed E-state index contributed by atoms with van der Waals surface area (Å²) in [5.41, 5.74) is 7.45. The third-order valence-electron chi connectivity index (χ3n) is 10.3. The first kappa shape index (κ1) is 26.3. The lowest BCUT2D eigenvalue weighted by atomic mass is 9.75.